The number of rotatable bonds is 5. The summed E-state index contributed by atoms with van der Waals surface area (Å²) in [6.07, 6.45) is 2.18. The summed E-state index contributed by atoms with van der Waals surface area (Å²) >= 11 is 0. The van der Waals surface area contributed by atoms with E-state index >= 15 is 0 Å². The SMILES string of the molecule is CCC=C(C(=O)Oc1ccccc1)C(=O)c1ccccc1. The molecule has 0 amide bonds. The molecule has 3 nitrogen and oxygen atoms in total. The van der Waals surface area contributed by atoms with Gasteiger partial charge in [-0.15, -0.1) is 0 Å². The van der Waals surface area contributed by atoms with Crippen LogP contribution in [0.15, 0.2) is 72.3 Å². The lowest BCUT2D eigenvalue weighted by Gasteiger charge is -2.07. The molecule has 0 aliphatic heterocycles. The Morgan fingerprint density at radius 2 is 1.52 bits per heavy atom. The second-order valence-electron chi connectivity index (χ2n) is 4.42. The Morgan fingerprint density at radius 3 is 2.10 bits per heavy atom. The molecule has 2 aromatic rings. The van der Waals surface area contributed by atoms with Gasteiger partial charge in [0, 0.05) is 5.56 Å². The van der Waals surface area contributed by atoms with Crippen molar-refractivity contribution in [1.82, 2.24) is 0 Å². The van der Waals surface area contributed by atoms with Crippen LogP contribution in [0.5, 0.6) is 5.75 Å². The summed E-state index contributed by atoms with van der Waals surface area (Å²) in [6.45, 7) is 1.87. The molecule has 0 heterocycles. The summed E-state index contributed by atoms with van der Waals surface area (Å²) < 4.78 is 5.24. The largest absolute Gasteiger partial charge is 0.423 e. The number of ketones is 1. The molecule has 0 bridgehead atoms. The van der Waals surface area contributed by atoms with Gasteiger partial charge in [0.2, 0.25) is 0 Å². The number of allylic oxidation sites excluding steroid dienone is 1. The highest BCUT2D eigenvalue weighted by molar-refractivity contribution is 6.24. The first-order valence-electron chi connectivity index (χ1n) is 6.79. The molecule has 0 unspecified atom stereocenters. The highest BCUT2D eigenvalue weighted by atomic mass is 16.5. The van der Waals surface area contributed by atoms with Gasteiger partial charge in [0.05, 0.1) is 0 Å². The first kappa shape index (κ1) is 14.7. The maximum Gasteiger partial charge on any atom is 0.347 e. The third-order valence-corrected chi connectivity index (χ3v) is 2.86. The van der Waals surface area contributed by atoms with Crippen LogP contribution in [0.25, 0.3) is 0 Å². The van der Waals surface area contributed by atoms with Crippen LogP contribution in [0.2, 0.25) is 0 Å². The summed E-state index contributed by atoms with van der Waals surface area (Å²) in [5.41, 5.74) is 0.537. The number of carbonyl (C=O) groups is 2. The number of hydrogen-bond donors (Lipinski definition) is 0. The molecule has 0 saturated heterocycles. The molecule has 2 rings (SSSR count). The molecule has 0 atom stereocenters. The zero-order chi connectivity index (χ0) is 15.1. The average molecular weight is 280 g/mol. The lowest BCUT2D eigenvalue weighted by atomic mass is 10.0. The Kier molecular flexibility index (Phi) is 5.04. The Bertz CT molecular complexity index is 643. The average Bonchev–Trinajstić information content (AvgIpc) is 2.53. The fraction of sp³-hybridized carbons (Fsp3) is 0.111. The third kappa shape index (κ3) is 3.89. The van der Waals surface area contributed by atoms with E-state index in [2.05, 4.69) is 0 Å². The van der Waals surface area contributed by atoms with Crippen molar-refractivity contribution in [1.29, 1.82) is 0 Å². The monoisotopic (exact) mass is 280 g/mol. The number of hydrogen-bond acceptors (Lipinski definition) is 3. The van der Waals surface area contributed by atoms with E-state index in [0.29, 0.717) is 17.7 Å². The molecular formula is C18H16O3. The normalized spacial score (nSPS) is 11.0. The van der Waals surface area contributed by atoms with E-state index in [-0.39, 0.29) is 11.4 Å². The molecule has 2 aromatic carbocycles. The van der Waals surface area contributed by atoms with E-state index in [0.717, 1.165) is 0 Å². The van der Waals surface area contributed by atoms with Gasteiger partial charge in [-0.2, -0.15) is 0 Å². The molecule has 3 heteroatoms. The Balaban J connectivity index is 2.21. The Labute approximate surface area is 123 Å². The first-order chi connectivity index (χ1) is 10.2. The van der Waals surface area contributed by atoms with Crippen molar-refractivity contribution >= 4 is 11.8 Å². The maximum atomic E-state index is 12.4. The van der Waals surface area contributed by atoms with Crippen molar-refractivity contribution in [2.45, 2.75) is 13.3 Å². The molecule has 0 aromatic heterocycles. The molecular weight excluding hydrogens is 264 g/mol. The van der Waals surface area contributed by atoms with Crippen molar-refractivity contribution in [3.63, 3.8) is 0 Å². The van der Waals surface area contributed by atoms with Crippen molar-refractivity contribution < 1.29 is 14.3 Å². The van der Waals surface area contributed by atoms with Crippen molar-refractivity contribution in [2.24, 2.45) is 0 Å². The molecule has 0 spiro atoms. The summed E-state index contributed by atoms with van der Waals surface area (Å²) in [6, 6.07) is 17.4. The van der Waals surface area contributed by atoms with E-state index in [4.69, 9.17) is 4.74 Å². The van der Waals surface area contributed by atoms with Crippen LogP contribution in [-0.2, 0) is 4.79 Å². The standard InChI is InChI=1S/C18H16O3/c1-2-9-16(17(19)14-10-5-3-6-11-14)18(20)21-15-12-7-4-8-13-15/h3-13H,2H2,1H3. The molecule has 0 fully saturated rings. The number of ether oxygens (including phenoxy) is 1. The van der Waals surface area contributed by atoms with Crippen molar-refractivity contribution in [3.05, 3.63) is 77.9 Å². The highest BCUT2D eigenvalue weighted by Crippen LogP contribution is 2.15. The Morgan fingerprint density at radius 1 is 0.952 bits per heavy atom. The minimum Gasteiger partial charge on any atom is -0.423 e. The summed E-state index contributed by atoms with van der Waals surface area (Å²) in [5.74, 6) is -0.527. The van der Waals surface area contributed by atoms with Gasteiger partial charge < -0.3 is 4.74 Å². The number of para-hydroxylation sites is 1. The van der Waals surface area contributed by atoms with Gasteiger partial charge in [0.25, 0.3) is 0 Å². The summed E-state index contributed by atoms with van der Waals surface area (Å²) in [4.78, 5) is 24.6. The fourth-order valence-corrected chi connectivity index (χ4v) is 1.87. The topological polar surface area (TPSA) is 43.4 Å². The van der Waals surface area contributed by atoms with E-state index in [9.17, 15) is 9.59 Å². The van der Waals surface area contributed by atoms with Crippen molar-refractivity contribution in [3.8, 4) is 5.75 Å². The summed E-state index contributed by atoms with van der Waals surface area (Å²) in [5, 5.41) is 0. The van der Waals surface area contributed by atoms with Gasteiger partial charge in [-0.05, 0) is 18.6 Å². The first-order valence-corrected chi connectivity index (χ1v) is 6.79. The van der Waals surface area contributed by atoms with Gasteiger partial charge in [-0.25, -0.2) is 4.79 Å². The van der Waals surface area contributed by atoms with Gasteiger partial charge in [0.15, 0.2) is 5.78 Å². The minimum atomic E-state index is -0.628. The zero-order valence-corrected chi connectivity index (χ0v) is 11.8. The van der Waals surface area contributed by atoms with Crippen molar-refractivity contribution in [2.75, 3.05) is 0 Å². The second-order valence-corrected chi connectivity index (χ2v) is 4.42. The minimum absolute atomic E-state index is 0.0625. The van der Waals surface area contributed by atoms with E-state index in [1.807, 2.05) is 19.1 Å². The zero-order valence-electron chi connectivity index (χ0n) is 11.8. The van der Waals surface area contributed by atoms with Crippen LogP contribution < -0.4 is 4.74 Å². The van der Waals surface area contributed by atoms with Crippen LogP contribution >= 0.6 is 0 Å². The van der Waals surface area contributed by atoms with Crippen LogP contribution in [0.1, 0.15) is 23.7 Å². The number of carbonyl (C=O) groups excluding carboxylic acids is 2. The third-order valence-electron chi connectivity index (χ3n) is 2.86. The van der Waals surface area contributed by atoms with Crippen LogP contribution in [0.3, 0.4) is 0 Å². The molecule has 0 N–H and O–H groups in total. The van der Waals surface area contributed by atoms with Gasteiger partial charge in [-0.3, -0.25) is 4.79 Å². The molecule has 0 aliphatic rings. The highest BCUT2D eigenvalue weighted by Gasteiger charge is 2.21. The van der Waals surface area contributed by atoms with Gasteiger partial charge in [0.1, 0.15) is 11.3 Å². The molecule has 0 saturated carbocycles. The Hall–Kier alpha value is -2.68. The number of esters is 1. The number of Topliss-reactive ketones (excluding diaryl/α,β-unsaturated/α-hetero) is 1. The molecule has 0 aliphatic carbocycles. The molecule has 106 valence electrons. The predicted molar refractivity (Wildman–Crippen MR) is 81.2 cm³/mol. The van der Waals surface area contributed by atoms with E-state index < -0.39 is 5.97 Å². The summed E-state index contributed by atoms with van der Waals surface area (Å²) in [7, 11) is 0. The van der Waals surface area contributed by atoms with E-state index in [1.54, 1.807) is 54.6 Å². The lowest BCUT2D eigenvalue weighted by Crippen LogP contribution is -2.18. The van der Waals surface area contributed by atoms with Gasteiger partial charge in [-0.1, -0.05) is 61.5 Å². The van der Waals surface area contributed by atoms with Crippen LogP contribution in [0, 0.1) is 0 Å². The number of benzene rings is 2. The van der Waals surface area contributed by atoms with Crippen LogP contribution in [0.4, 0.5) is 0 Å². The van der Waals surface area contributed by atoms with Crippen LogP contribution in [-0.4, -0.2) is 11.8 Å². The predicted octanol–water partition coefficient (Wildman–Crippen LogP) is 3.81. The smallest absolute Gasteiger partial charge is 0.347 e. The van der Waals surface area contributed by atoms with E-state index in [1.165, 1.54) is 0 Å². The maximum absolute atomic E-state index is 12.4. The lowest BCUT2D eigenvalue weighted by molar-refractivity contribution is -0.129. The van der Waals surface area contributed by atoms with Gasteiger partial charge >= 0.3 is 5.97 Å². The molecule has 0 radical (unpaired) electrons. The molecule has 21 heavy (non-hydrogen) atoms. The quantitative estimate of drug-likeness (QED) is 0.209. The second kappa shape index (κ2) is 7.20. The fourth-order valence-electron chi connectivity index (χ4n) is 1.87.